The van der Waals surface area contributed by atoms with Crippen molar-refractivity contribution >= 4 is 43.6 Å². The van der Waals surface area contributed by atoms with Gasteiger partial charge in [-0.15, -0.1) is 0 Å². The largest absolute Gasteiger partial charge is 0.344 e. The van der Waals surface area contributed by atoms with Gasteiger partial charge in [0.05, 0.1) is 0 Å². The van der Waals surface area contributed by atoms with E-state index in [2.05, 4.69) is 107 Å². The fourth-order valence-electron chi connectivity index (χ4n) is 4.76. The van der Waals surface area contributed by atoms with Gasteiger partial charge in [-0.05, 0) is 29.8 Å². The Labute approximate surface area is 163 Å². The zero-order valence-corrected chi connectivity index (χ0v) is 15.8. The third kappa shape index (κ3) is 2.03. The third-order valence-electron chi connectivity index (χ3n) is 6.03. The van der Waals surface area contributed by atoms with Crippen LogP contribution in [-0.4, -0.2) is 9.13 Å². The molecule has 0 radical (unpaired) electrons. The molecule has 134 valence electrons. The molecule has 2 nitrogen and oxygen atoms in total. The van der Waals surface area contributed by atoms with Crippen LogP contribution in [0.3, 0.4) is 0 Å². The van der Waals surface area contributed by atoms with Crippen LogP contribution in [0.25, 0.3) is 43.6 Å². The predicted octanol–water partition coefficient (Wildman–Crippen LogP) is 6.49. The van der Waals surface area contributed by atoms with Gasteiger partial charge in [0.1, 0.15) is 0 Å². The van der Waals surface area contributed by atoms with Gasteiger partial charge in [0.25, 0.3) is 0 Å². The van der Waals surface area contributed by atoms with Crippen molar-refractivity contribution in [2.75, 3.05) is 0 Å². The minimum Gasteiger partial charge on any atom is -0.344 e. The van der Waals surface area contributed by atoms with Crippen LogP contribution in [0, 0.1) is 0 Å². The Balaban J connectivity index is 1.67. The molecule has 2 aromatic heterocycles. The summed E-state index contributed by atoms with van der Waals surface area (Å²) in [5.41, 5.74) is 6.52. The Morgan fingerprint density at radius 3 is 1.75 bits per heavy atom. The molecular formula is C26H20N2. The Bertz CT molecular complexity index is 1440. The second-order valence-electron chi connectivity index (χ2n) is 7.51. The van der Waals surface area contributed by atoms with Crippen LogP contribution in [0.4, 0.5) is 0 Å². The number of nitrogens with zero attached hydrogens (tertiary/aromatic N) is 2. The molecule has 0 fully saturated rings. The van der Waals surface area contributed by atoms with E-state index in [1.807, 2.05) is 0 Å². The fourth-order valence-corrected chi connectivity index (χ4v) is 4.76. The Morgan fingerprint density at radius 2 is 1.07 bits per heavy atom. The molecular weight excluding hydrogens is 340 g/mol. The normalized spacial score (nSPS) is 11.9. The van der Waals surface area contributed by atoms with E-state index in [-0.39, 0.29) is 0 Å². The van der Waals surface area contributed by atoms with E-state index in [0.717, 1.165) is 6.54 Å². The zero-order chi connectivity index (χ0) is 18.7. The molecule has 2 heterocycles. The van der Waals surface area contributed by atoms with Crippen molar-refractivity contribution in [2.45, 2.75) is 6.54 Å². The van der Waals surface area contributed by atoms with Crippen LogP contribution < -0.4 is 0 Å². The molecule has 0 atom stereocenters. The summed E-state index contributed by atoms with van der Waals surface area (Å²) in [4.78, 5) is 0. The Morgan fingerprint density at radius 1 is 0.536 bits per heavy atom. The topological polar surface area (TPSA) is 9.86 Å². The lowest BCUT2D eigenvalue weighted by Crippen LogP contribution is -2.00. The van der Waals surface area contributed by atoms with Gasteiger partial charge >= 0.3 is 0 Å². The lowest BCUT2D eigenvalue weighted by atomic mass is 10.1. The van der Waals surface area contributed by atoms with Gasteiger partial charge in [-0.1, -0.05) is 66.7 Å². The van der Waals surface area contributed by atoms with Gasteiger partial charge in [0.15, 0.2) is 0 Å². The number of rotatable bonds is 2. The molecule has 28 heavy (non-hydrogen) atoms. The maximum atomic E-state index is 2.46. The smallest absolute Gasteiger partial charge is 0.0494 e. The zero-order valence-electron chi connectivity index (χ0n) is 15.8. The van der Waals surface area contributed by atoms with E-state index in [1.54, 1.807) is 0 Å². The molecule has 0 aliphatic rings. The standard InChI is InChI=1S/C26H20N2/c1-27-22-13-5-4-12-21(22)26-18(9-8-16-25(26)27)17-28-23-14-6-2-10-19(23)20-11-3-7-15-24(20)28/h2-16H,17H2,1H3. The monoisotopic (exact) mass is 360 g/mol. The van der Waals surface area contributed by atoms with E-state index < -0.39 is 0 Å². The first-order chi connectivity index (χ1) is 13.8. The molecule has 2 heteroatoms. The highest BCUT2D eigenvalue weighted by Crippen LogP contribution is 2.34. The summed E-state index contributed by atoms with van der Waals surface area (Å²) in [7, 11) is 2.16. The van der Waals surface area contributed by atoms with Gasteiger partial charge in [0.2, 0.25) is 0 Å². The minimum absolute atomic E-state index is 0.860. The van der Waals surface area contributed by atoms with Crippen LogP contribution >= 0.6 is 0 Å². The number of aromatic nitrogens is 2. The van der Waals surface area contributed by atoms with Crippen LogP contribution in [0.15, 0.2) is 91.0 Å². The number of benzene rings is 4. The van der Waals surface area contributed by atoms with Gasteiger partial charge in [-0.25, -0.2) is 0 Å². The van der Waals surface area contributed by atoms with E-state index in [9.17, 15) is 0 Å². The molecule has 6 aromatic rings. The first kappa shape index (κ1) is 15.5. The number of hydrogen-bond donors (Lipinski definition) is 0. The van der Waals surface area contributed by atoms with Crippen LogP contribution in [0.1, 0.15) is 5.56 Å². The molecule has 0 aliphatic heterocycles. The molecule has 0 N–H and O–H groups in total. The van der Waals surface area contributed by atoms with Crippen molar-refractivity contribution in [1.29, 1.82) is 0 Å². The summed E-state index contributed by atoms with van der Waals surface area (Å²) in [6.45, 7) is 0.860. The van der Waals surface area contributed by atoms with Crippen molar-refractivity contribution in [2.24, 2.45) is 7.05 Å². The second kappa shape index (κ2) is 5.74. The van der Waals surface area contributed by atoms with Crippen LogP contribution in [0.5, 0.6) is 0 Å². The van der Waals surface area contributed by atoms with Crippen LogP contribution in [0.2, 0.25) is 0 Å². The molecule has 0 amide bonds. The van der Waals surface area contributed by atoms with Crippen molar-refractivity contribution < 1.29 is 0 Å². The van der Waals surface area contributed by atoms with E-state index in [0.29, 0.717) is 0 Å². The molecule has 0 bridgehead atoms. The Hall–Kier alpha value is -3.52. The highest BCUT2D eigenvalue weighted by atomic mass is 15.0. The lowest BCUT2D eigenvalue weighted by molar-refractivity contribution is 0.876. The number of para-hydroxylation sites is 3. The maximum absolute atomic E-state index is 2.46. The number of aryl methyl sites for hydroxylation is 1. The summed E-state index contributed by atoms with van der Waals surface area (Å²) in [6, 6.07) is 32.9. The molecule has 0 spiro atoms. The summed E-state index contributed by atoms with van der Waals surface area (Å²) in [6.07, 6.45) is 0. The van der Waals surface area contributed by atoms with E-state index >= 15 is 0 Å². The van der Waals surface area contributed by atoms with Crippen molar-refractivity contribution in [3.05, 3.63) is 96.6 Å². The highest BCUT2D eigenvalue weighted by Gasteiger charge is 2.14. The second-order valence-corrected chi connectivity index (χ2v) is 7.51. The summed E-state index contributed by atoms with van der Waals surface area (Å²) >= 11 is 0. The molecule has 0 aliphatic carbocycles. The summed E-state index contributed by atoms with van der Waals surface area (Å²) < 4.78 is 4.77. The van der Waals surface area contributed by atoms with Gasteiger partial charge in [-0.2, -0.15) is 0 Å². The molecule has 0 saturated carbocycles. The number of hydrogen-bond acceptors (Lipinski definition) is 0. The number of fused-ring (bicyclic) bond motifs is 6. The molecule has 6 rings (SSSR count). The maximum Gasteiger partial charge on any atom is 0.0494 e. The predicted molar refractivity (Wildman–Crippen MR) is 119 cm³/mol. The van der Waals surface area contributed by atoms with Crippen LogP contribution in [-0.2, 0) is 13.6 Å². The SMILES string of the molecule is Cn1c2ccccc2c2c(Cn3c4ccccc4c4ccccc43)cccc21. The first-order valence-electron chi connectivity index (χ1n) is 9.74. The molecule has 0 unspecified atom stereocenters. The fraction of sp³-hybridized carbons (Fsp3) is 0.0769. The van der Waals surface area contributed by atoms with E-state index in [1.165, 1.54) is 49.2 Å². The lowest BCUT2D eigenvalue weighted by Gasteiger charge is -2.10. The molecule has 0 saturated heterocycles. The van der Waals surface area contributed by atoms with Crippen molar-refractivity contribution in [3.63, 3.8) is 0 Å². The molecule has 4 aromatic carbocycles. The highest BCUT2D eigenvalue weighted by molar-refractivity contribution is 6.10. The van der Waals surface area contributed by atoms with Gasteiger partial charge < -0.3 is 9.13 Å². The Kier molecular flexibility index (Phi) is 3.18. The average Bonchev–Trinajstić information content (AvgIpc) is 3.23. The van der Waals surface area contributed by atoms with Crippen molar-refractivity contribution in [3.8, 4) is 0 Å². The first-order valence-corrected chi connectivity index (χ1v) is 9.74. The average molecular weight is 360 g/mol. The third-order valence-corrected chi connectivity index (χ3v) is 6.03. The van der Waals surface area contributed by atoms with E-state index in [4.69, 9.17) is 0 Å². The minimum atomic E-state index is 0.860. The summed E-state index contributed by atoms with van der Waals surface area (Å²) in [5.74, 6) is 0. The van der Waals surface area contributed by atoms with Gasteiger partial charge in [-0.3, -0.25) is 0 Å². The summed E-state index contributed by atoms with van der Waals surface area (Å²) in [5, 5.41) is 5.34. The van der Waals surface area contributed by atoms with Gasteiger partial charge in [0, 0.05) is 57.2 Å². The van der Waals surface area contributed by atoms with Crippen molar-refractivity contribution in [1.82, 2.24) is 9.13 Å². The quantitative estimate of drug-likeness (QED) is 0.334.